The minimum atomic E-state index is -0.431. The van der Waals surface area contributed by atoms with Crippen LogP contribution in [0.1, 0.15) is 29.4 Å². The molecule has 1 aromatic carbocycles. The highest BCUT2D eigenvalue weighted by Gasteiger charge is 2.27. The molecule has 1 aliphatic rings. The lowest BCUT2D eigenvalue weighted by Gasteiger charge is -2.21. The van der Waals surface area contributed by atoms with Gasteiger partial charge in [-0.15, -0.1) is 0 Å². The van der Waals surface area contributed by atoms with Gasteiger partial charge in [0.15, 0.2) is 0 Å². The molecule has 4 rings (SSSR count). The average molecular weight is 310 g/mol. The zero-order valence-electron chi connectivity index (χ0n) is 12.4. The van der Waals surface area contributed by atoms with E-state index in [0.717, 1.165) is 35.9 Å². The minimum Gasteiger partial charge on any atom is -0.508 e. The highest BCUT2D eigenvalue weighted by molar-refractivity contribution is 5.48. The highest BCUT2D eigenvalue weighted by Crippen LogP contribution is 2.38. The predicted molar refractivity (Wildman–Crippen MR) is 82.6 cm³/mol. The number of rotatable bonds is 2. The van der Waals surface area contributed by atoms with Crippen LogP contribution in [0, 0.1) is 5.82 Å². The summed E-state index contributed by atoms with van der Waals surface area (Å²) in [6, 6.07) is 9.79. The summed E-state index contributed by atoms with van der Waals surface area (Å²) in [4.78, 5) is 8.79. The van der Waals surface area contributed by atoms with E-state index in [-0.39, 0.29) is 11.7 Å². The van der Waals surface area contributed by atoms with Crippen LogP contribution in [-0.4, -0.2) is 15.1 Å². The summed E-state index contributed by atoms with van der Waals surface area (Å²) in [5.41, 5.74) is 2.42. The maximum absolute atomic E-state index is 13.1. The van der Waals surface area contributed by atoms with Gasteiger partial charge in [0.25, 0.3) is 0 Å². The molecule has 3 aromatic rings. The van der Waals surface area contributed by atoms with E-state index >= 15 is 0 Å². The molecule has 0 amide bonds. The van der Waals surface area contributed by atoms with Crippen molar-refractivity contribution in [1.82, 2.24) is 9.97 Å². The Morgan fingerprint density at radius 2 is 2.13 bits per heavy atom. The number of aromatic nitrogens is 2. The van der Waals surface area contributed by atoms with Gasteiger partial charge in [-0.25, -0.2) is 9.37 Å². The van der Waals surface area contributed by atoms with Gasteiger partial charge in [-0.3, -0.25) is 4.98 Å². The van der Waals surface area contributed by atoms with Crippen molar-refractivity contribution in [3.63, 3.8) is 0 Å². The van der Waals surface area contributed by atoms with Crippen LogP contribution in [0.5, 0.6) is 5.75 Å². The third-order valence-electron chi connectivity index (χ3n) is 4.26. The number of hydrogen-bond acceptors (Lipinski definition) is 4. The van der Waals surface area contributed by atoms with Crippen LogP contribution in [-0.2, 0) is 12.8 Å². The Bertz CT molecular complexity index is 845. The largest absolute Gasteiger partial charge is 0.508 e. The molecule has 0 radical (unpaired) electrons. The number of aromatic hydroxyl groups is 1. The van der Waals surface area contributed by atoms with E-state index in [4.69, 9.17) is 4.42 Å². The van der Waals surface area contributed by atoms with E-state index < -0.39 is 5.82 Å². The number of oxazole rings is 1. The van der Waals surface area contributed by atoms with Crippen LogP contribution in [0.4, 0.5) is 4.39 Å². The molecule has 2 aromatic heterocycles. The van der Waals surface area contributed by atoms with Gasteiger partial charge in [-0.05, 0) is 42.5 Å². The first-order valence-electron chi connectivity index (χ1n) is 7.59. The van der Waals surface area contributed by atoms with Gasteiger partial charge in [0.2, 0.25) is 5.89 Å². The van der Waals surface area contributed by atoms with Gasteiger partial charge in [0, 0.05) is 18.7 Å². The Kier molecular flexibility index (Phi) is 3.33. The van der Waals surface area contributed by atoms with Crippen molar-refractivity contribution in [3.8, 4) is 17.3 Å². The summed E-state index contributed by atoms with van der Waals surface area (Å²) < 4.78 is 19.0. The number of phenolic OH excluding ortho intramolecular Hbond substituents is 1. The summed E-state index contributed by atoms with van der Waals surface area (Å²) in [7, 11) is 0. The lowest BCUT2D eigenvalue weighted by molar-refractivity contribution is 0.427. The summed E-state index contributed by atoms with van der Waals surface area (Å²) in [6.07, 6.45) is 3.97. The summed E-state index contributed by atoms with van der Waals surface area (Å²) >= 11 is 0. The molecule has 0 spiro atoms. The Hall–Kier alpha value is -2.69. The second-order valence-corrected chi connectivity index (χ2v) is 5.75. The zero-order chi connectivity index (χ0) is 15.8. The second kappa shape index (κ2) is 5.50. The van der Waals surface area contributed by atoms with Crippen LogP contribution >= 0.6 is 0 Å². The number of benzene rings is 1. The number of pyridine rings is 1. The Morgan fingerprint density at radius 3 is 2.91 bits per heavy atom. The molecule has 5 heteroatoms. The third kappa shape index (κ3) is 2.59. The molecule has 0 bridgehead atoms. The van der Waals surface area contributed by atoms with Crippen LogP contribution in [0.2, 0.25) is 0 Å². The fraction of sp³-hybridized carbons (Fsp3) is 0.222. The van der Waals surface area contributed by atoms with Crippen LogP contribution in [0.25, 0.3) is 11.6 Å². The maximum Gasteiger partial charge on any atom is 0.245 e. The van der Waals surface area contributed by atoms with Gasteiger partial charge in [0.1, 0.15) is 23.0 Å². The van der Waals surface area contributed by atoms with Crippen LogP contribution < -0.4 is 0 Å². The van der Waals surface area contributed by atoms with E-state index in [0.29, 0.717) is 18.0 Å². The van der Waals surface area contributed by atoms with Gasteiger partial charge in [-0.1, -0.05) is 12.1 Å². The van der Waals surface area contributed by atoms with Crippen molar-refractivity contribution in [2.45, 2.75) is 25.2 Å². The second-order valence-electron chi connectivity index (χ2n) is 5.75. The van der Waals surface area contributed by atoms with Crippen molar-refractivity contribution in [3.05, 3.63) is 65.4 Å². The van der Waals surface area contributed by atoms with Gasteiger partial charge in [0.05, 0.1) is 5.69 Å². The van der Waals surface area contributed by atoms with Crippen LogP contribution in [0.15, 0.2) is 47.0 Å². The number of hydrogen-bond donors (Lipinski definition) is 1. The number of nitrogens with zero attached hydrogens (tertiary/aromatic N) is 2. The summed E-state index contributed by atoms with van der Waals surface area (Å²) in [5.74, 6) is 1.03. The minimum absolute atomic E-state index is 0.00270. The molecular formula is C18H15FN2O2. The summed E-state index contributed by atoms with van der Waals surface area (Å²) in [5, 5.41) is 9.98. The molecule has 1 N–H and O–H groups in total. The first-order chi connectivity index (χ1) is 11.2. The number of phenols is 1. The fourth-order valence-corrected chi connectivity index (χ4v) is 3.10. The van der Waals surface area contributed by atoms with Gasteiger partial charge >= 0.3 is 0 Å². The molecule has 0 saturated heterocycles. The highest BCUT2D eigenvalue weighted by atomic mass is 19.1. The maximum atomic E-state index is 13.1. The first-order valence-corrected chi connectivity index (χ1v) is 7.59. The molecule has 4 nitrogen and oxygen atoms in total. The molecule has 0 saturated carbocycles. The lowest BCUT2D eigenvalue weighted by Crippen LogP contribution is -2.12. The molecule has 2 heterocycles. The fourth-order valence-electron chi connectivity index (χ4n) is 3.10. The van der Waals surface area contributed by atoms with E-state index in [1.165, 1.54) is 6.07 Å². The Labute approximate surface area is 132 Å². The molecule has 116 valence electrons. The number of fused-ring (bicyclic) bond motifs is 1. The monoisotopic (exact) mass is 310 g/mol. The third-order valence-corrected chi connectivity index (χ3v) is 4.26. The molecule has 0 aliphatic heterocycles. The molecule has 0 fully saturated rings. The standard InChI is InChI=1S/C18H15FN2O2/c19-12-5-6-13(16(22)10-12)11-4-7-14-17(9-11)23-18(21-14)15-3-1-2-8-20-15/h1-3,5-6,8,10-11,22H,4,7,9H2. The lowest BCUT2D eigenvalue weighted by atomic mass is 9.84. The molecule has 23 heavy (non-hydrogen) atoms. The quantitative estimate of drug-likeness (QED) is 0.781. The van der Waals surface area contributed by atoms with Crippen molar-refractivity contribution in [2.75, 3.05) is 0 Å². The smallest absolute Gasteiger partial charge is 0.245 e. The first kappa shape index (κ1) is 13.9. The van der Waals surface area contributed by atoms with Crippen molar-refractivity contribution >= 4 is 0 Å². The Balaban J connectivity index is 1.63. The zero-order valence-corrected chi connectivity index (χ0v) is 12.4. The molecule has 1 unspecified atom stereocenters. The van der Waals surface area contributed by atoms with Crippen molar-refractivity contribution in [1.29, 1.82) is 0 Å². The number of aryl methyl sites for hydroxylation is 1. The average Bonchev–Trinajstić information content (AvgIpc) is 2.99. The normalized spacial score (nSPS) is 17.0. The van der Waals surface area contributed by atoms with Crippen molar-refractivity contribution < 1.29 is 13.9 Å². The number of halogens is 1. The molecular weight excluding hydrogens is 295 g/mol. The summed E-state index contributed by atoms with van der Waals surface area (Å²) in [6.45, 7) is 0. The van der Waals surface area contributed by atoms with Crippen LogP contribution in [0.3, 0.4) is 0 Å². The van der Waals surface area contributed by atoms with E-state index in [1.807, 2.05) is 18.2 Å². The molecule has 1 atom stereocenters. The predicted octanol–water partition coefficient (Wildman–Crippen LogP) is 3.85. The molecule has 1 aliphatic carbocycles. The van der Waals surface area contributed by atoms with Crippen molar-refractivity contribution in [2.24, 2.45) is 0 Å². The SMILES string of the molecule is Oc1cc(F)ccc1C1CCc2nc(-c3ccccn3)oc2C1. The topological polar surface area (TPSA) is 59.2 Å². The Morgan fingerprint density at radius 1 is 1.22 bits per heavy atom. The van der Waals surface area contributed by atoms with E-state index in [9.17, 15) is 9.50 Å². The van der Waals surface area contributed by atoms with E-state index in [1.54, 1.807) is 12.3 Å². The van der Waals surface area contributed by atoms with E-state index in [2.05, 4.69) is 9.97 Å². The van der Waals surface area contributed by atoms with Gasteiger partial charge < -0.3 is 9.52 Å². The van der Waals surface area contributed by atoms with Gasteiger partial charge in [-0.2, -0.15) is 0 Å².